The summed E-state index contributed by atoms with van der Waals surface area (Å²) in [5, 5.41) is 6.28. The van der Waals surface area contributed by atoms with Gasteiger partial charge in [0, 0.05) is 75.8 Å². The van der Waals surface area contributed by atoms with Gasteiger partial charge in [-0.2, -0.15) is 4.98 Å². The monoisotopic (exact) mass is 499 g/mol. The molecular weight excluding hydrogens is 464 g/mol. The van der Waals surface area contributed by atoms with E-state index >= 15 is 0 Å². The third-order valence-corrected chi connectivity index (χ3v) is 7.51. The Morgan fingerprint density at radius 2 is 2.08 bits per heavy atom. The van der Waals surface area contributed by atoms with Crippen LogP contribution in [0.25, 0.3) is 0 Å². The number of amides is 1. The molecule has 3 aliphatic rings. The molecule has 3 saturated heterocycles. The van der Waals surface area contributed by atoms with E-state index in [2.05, 4.69) is 49.5 Å². The molecule has 1 aromatic carbocycles. The first-order chi connectivity index (χ1) is 17.5. The fourth-order valence-corrected chi connectivity index (χ4v) is 5.50. The molecule has 0 radical (unpaired) electrons. The van der Waals surface area contributed by atoms with Crippen LogP contribution in [0.2, 0.25) is 0 Å². The summed E-state index contributed by atoms with van der Waals surface area (Å²) in [4.78, 5) is 27.2. The number of hydrogen-bond acceptors (Lipinski definition) is 7. The van der Waals surface area contributed by atoms with Crippen LogP contribution in [-0.2, 0) is 11.2 Å². The minimum atomic E-state index is -2.68. The number of nitrogens with one attached hydrogen (secondary N) is 2. The first kappa shape index (κ1) is 24.7. The number of carbonyl (C=O) groups is 1. The lowest BCUT2D eigenvalue weighted by Crippen LogP contribution is -2.46. The molecule has 2 atom stereocenters. The summed E-state index contributed by atoms with van der Waals surface area (Å²) < 4.78 is 27.2. The summed E-state index contributed by atoms with van der Waals surface area (Å²) in [7, 11) is 0. The lowest BCUT2D eigenvalue weighted by molar-refractivity contribution is -0.127. The number of benzene rings is 1. The van der Waals surface area contributed by atoms with Crippen LogP contribution in [0.5, 0.6) is 0 Å². The largest absolute Gasteiger partial charge is 0.369 e. The van der Waals surface area contributed by atoms with E-state index in [0.29, 0.717) is 32.0 Å². The van der Waals surface area contributed by atoms with Crippen LogP contribution in [0, 0.1) is 0 Å². The number of carbonyl (C=O) groups excluding carboxylic acids is 1. The average Bonchev–Trinajstić information content (AvgIpc) is 3.47. The number of piperazine rings is 1. The number of hydrogen-bond donors (Lipinski definition) is 2. The van der Waals surface area contributed by atoms with Crippen molar-refractivity contribution in [1.82, 2.24) is 19.8 Å². The zero-order valence-corrected chi connectivity index (χ0v) is 20.8. The minimum absolute atomic E-state index is 0.129. The van der Waals surface area contributed by atoms with E-state index in [-0.39, 0.29) is 23.2 Å². The predicted octanol–water partition coefficient (Wildman–Crippen LogP) is 4.04. The Hall–Kier alpha value is -3.01. The highest BCUT2D eigenvalue weighted by Gasteiger charge is 2.32. The number of fused-ring (bicyclic) bond motifs is 2. The zero-order chi connectivity index (χ0) is 25.1. The van der Waals surface area contributed by atoms with Crippen molar-refractivity contribution in [2.45, 2.75) is 51.5 Å². The number of likely N-dealkylation sites (tertiary alicyclic amines) is 1. The van der Waals surface area contributed by atoms with Crippen LogP contribution in [0.1, 0.15) is 50.2 Å². The molecule has 0 aliphatic carbocycles. The van der Waals surface area contributed by atoms with Crippen LogP contribution in [0.15, 0.2) is 24.4 Å². The lowest BCUT2D eigenvalue weighted by atomic mass is 10.1. The van der Waals surface area contributed by atoms with Gasteiger partial charge in [0.05, 0.1) is 5.56 Å². The highest BCUT2D eigenvalue weighted by Crippen LogP contribution is 2.32. The first-order valence-corrected chi connectivity index (χ1v) is 13.1. The molecule has 2 aromatic rings. The van der Waals surface area contributed by atoms with Crippen LogP contribution >= 0.6 is 0 Å². The maximum absolute atomic E-state index is 13.6. The van der Waals surface area contributed by atoms with Gasteiger partial charge in [-0.1, -0.05) is 6.92 Å². The molecular formula is C26H35F2N7O. The summed E-state index contributed by atoms with van der Waals surface area (Å²) in [6, 6.07) is 6.97. The molecule has 0 saturated carbocycles. The Bertz CT molecular complexity index is 1080. The van der Waals surface area contributed by atoms with Gasteiger partial charge in [0.2, 0.25) is 11.9 Å². The smallest absolute Gasteiger partial charge is 0.268 e. The molecule has 10 heteroatoms. The second-order valence-electron chi connectivity index (χ2n) is 9.82. The Kier molecular flexibility index (Phi) is 7.50. The van der Waals surface area contributed by atoms with Gasteiger partial charge in [-0.25, -0.2) is 13.8 Å². The molecule has 1 amide bonds. The van der Waals surface area contributed by atoms with E-state index in [1.54, 1.807) is 0 Å². The molecule has 3 aliphatic heterocycles. The van der Waals surface area contributed by atoms with Gasteiger partial charge in [-0.05, 0) is 49.4 Å². The van der Waals surface area contributed by atoms with Gasteiger partial charge in [-0.15, -0.1) is 0 Å². The molecule has 2 N–H and O–H groups in total. The van der Waals surface area contributed by atoms with E-state index in [1.807, 2.05) is 11.0 Å². The predicted molar refractivity (Wildman–Crippen MR) is 137 cm³/mol. The van der Waals surface area contributed by atoms with Crippen LogP contribution in [0.3, 0.4) is 0 Å². The minimum Gasteiger partial charge on any atom is -0.369 e. The standard InChI is InChI=1S/C26H35F2N7O/c1-2-18-15-19(35-14-13-33-12-8-20(35)17-33)6-7-22(18)31-26-30-16-21(24(27)28)25(32-26)29-9-4-11-34-10-3-5-23(34)36/h6-7,15-16,20,24H,2-5,8-14,17H2,1H3,(H2,29,30,31,32). The highest BCUT2D eigenvalue weighted by molar-refractivity contribution is 5.78. The van der Waals surface area contributed by atoms with E-state index < -0.39 is 6.43 Å². The summed E-state index contributed by atoms with van der Waals surface area (Å²) in [6.07, 6.45) is 2.70. The molecule has 2 unspecified atom stereocenters. The first-order valence-electron chi connectivity index (χ1n) is 13.1. The highest BCUT2D eigenvalue weighted by atomic mass is 19.3. The SMILES string of the molecule is CCc1cc(N2CCN3CCC2C3)ccc1Nc1ncc(C(F)F)c(NCCCN2CCCC2=O)n1. The Labute approximate surface area is 211 Å². The fourth-order valence-electron chi connectivity index (χ4n) is 5.50. The zero-order valence-electron chi connectivity index (χ0n) is 20.8. The fraction of sp³-hybridized carbons (Fsp3) is 0.577. The third kappa shape index (κ3) is 5.38. The molecule has 2 bridgehead atoms. The van der Waals surface area contributed by atoms with Gasteiger partial charge in [0.1, 0.15) is 5.82 Å². The van der Waals surface area contributed by atoms with E-state index in [0.717, 1.165) is 50.3 Å². The number of alkyl halides is 2. The molecule has 1 aromatic heterocycles. The molecule has 194 valence electrons. The lowest BCUT2D eigenvalue weighted by Gasteiger charge is -2.36. The van der Waals surface area contributed by atoms with E-state index in [1.165, 1.54) is 24.8 Å². The van der Waals surface area contributed by atoms with Crippen LogP contribution in [-0.4, -0.2) is 77.5 Å². The van der Waals surface area contributed by atoms with Crippen LogP contribution < -0.4 is 15.5 Å². The number of halogens is 2. The number of aryl methyl sites for hydroxylation is 1. The van der Waals surface area contributed by atoms with Crippen molar-refractivity contribution in [2.75, 3.05) is 61.3 Å². The topological polar surface area (TPSA) is 76.6 Å². The summed E-state index contributed by atoms with van der Waals surface area (Å²) in [5.41, 5.74) is 3.03. The number of nitrogens with zero attached hydrogens (tertiary/aromatic N) is 5. The van der Waals surface area contributed by atoms with Gasteiger partial charge in [-0.3, -0.25) is 9.69 Å². The van der Waals surface area contributed by atoms with Crippen molar-refractivity contribution in [1.29, 1.82) is 0 Å². The normalized spacial score (nSPS) is 21.5. The van der Waals surface area contributed by atoms with Crippen LogP contribution in [0.4, 0.5) is 31.9 Å². The summed E-state index contributed by atoms with van der Waals surface area (Å²) in [6.45, 7) is 8.41. The quantitative estimate of drug-likeness (QED) is 0.478. The van der Waals surface area contributed by atoms with Crippen molar-refractivity contribution in [3.8, 4) is 0 Å². The Balaban J connectivity index is 1.26. The molecule has 0 spiro atoms. The summed E-state index contributed by atoms with van der Waals surface area (Å²) >= 11 is 0. The van der Waals surface area contributed by atoms with Crippen molar-refractivity contribution >= 4 is 29.0 Å². The molecule has 8 nitrogen and oxygen atoms in total. The number of aromatic nitrogens is 2. The van der Waals surface area contributed by atoms with E-state index in [4.69, 9.17) is 0 Å². The molecule has 4 heterocycles. The maximum atomic E-state index is 13.6. The molecule has 36 heavy (non-hydrogen) atoms. The number of anilines is 4. The third-order valence-electron chi connectivity index (χ3n) is 7.51. The second-order valence-corrected chi connectivity index (χ2v) is 9.82. The average molecular weight is 500 g/mol. The van der Waals surface area contributed by atoms with Gasteiger partial charge >= 0.3 is 0 Å². The van der Waals surface area contributed by atoms with E-state index in [9.17, 15) is 13.6 Å². The van der Waals surface area contributed by atoms with Crippen molar-refractivity contribution < 1.29 is 13.6 Å². The Morgan fingerprint density at radius 3 is 2.86 bits per heavy atom. The number of rotatable bonds is 10. The molecule has 5 rings (SSSR count). The second kappa shape index (κ2) is 10.9. The van der Waals surface area contributed by atoms with Gasteiger partial charge in [0.15, 0.2) is 0 Å². The van der Waals surface area contributed by atoms with Crippen molar-refractivity contribution in [3.05, 3.63) is 35.5 Å². The van der Waals surface area contributed by atoms with Crippen molar-refractivity contribution in [3.63, 3.8) is 0 Å². The van der Waals surface area contributed by atoms with Crippen molar-refractivity contribution in [2.24, 2.45) is 0 Å². The van der Waals surface area contributed by atoms with Gasteiger partial charge in [0.25, 0.3) is 6.43 Å². The van der Waals surface area contributed by atoms with Gasteiger partial charge < -0.3 is 20.4 Å². The molecule has 3 fully saturated rings. The summed E-state index contributed by atoms with van der Waals surface area (Å²) in [5.74, 6) is 0.576. The maximum Gasteiger partial charge on any atom is 0.268 e. The Morgan fingerprint density at radius 1 is 1.19 bits per heavy atom.